The van der Waals surface area contributed by atoms with Gasteiger partial charge in [0.1, 0.15) is 0 Å². The Morgan fingerprint density at radius 1 is 0.967 bits per heavy atom. The van der Waals surface area contributed by atoms with E-state index in [4.69, 9.17) is 0 Å². The fraction of sp³-hybridized carbons (Fsp3) is 0.0833. The first kappa shape index (κ1) is 19.3. The van der Waals surface area contributed by atoms with E-state index in [-0.39, 0.29) is 17.8 Å². The first-order valence-corrected chi connectivity index (χ1v) is 9.56. The van der Waals surface area contributed by atoms with E-state index in [1.54, 1.807) is 30.5 Å². The molecule has 1 aromatic heterocycles. The number of nitrogens with one attached hydrogen (secondary N) is 1. The van der Waals surface area contributed by atoms with E-state index >= 15 is 0 Å². The maximum Gasteiger partial charge on any atom is 0.292 e. The number of aryl methyl sites for hydroxylation is 1. The third-order valence-corrected chi connectivity index (χ3v) is 4.72. The first-order chi connectivity index (χ1) is 14.6. The van der Waals surface area contributed by atoms with Crippen LogP contribution in [0.15, 0.2) is 88.8 Å². The average molecular weight is 396 g/mol. The summed E-state index contributed by atoms with van der Waals surface area (Å²) in [7, 11) is 0. The number of carbonyl (C=O) groups is 1. The summed E-state index contributed by atoms with van der Waals surface area (Å²) >= 11 is 0. The topological polar surface area (TPSA) is 76.3 Å². The molecule has 6 heteroatoms. The van der Waals surface area contributed by atoms with E-state index in [1.807, 2.05) is 61.5 Å². The van der Waals surface area contributed by atoms with Crippen LogP contribution < -0.4 is 11.0 Å². The summed E-state index contributed by atoms with van der Waals surface area (Å²) < 4.78 is 1.32. The lowest BCUT2D eigenvalue weighted by atomic mass is 10.1. The molecule has 0 aliphatic rings. The summed E-state index contributed by atoms with van der Waals surface area (Å²) in [6.07, 6.45) is 1.57. The van der Waals surface area contributed by atoms with Crippen LogP contribution in [0.3, 0.4) is 0 Å². The van der Waals surface area contributed by atoms with Crippen molar-refractivity contribution in [2.75, 3.05) is 0 Å². The third-order valence-electron chi connectivity index (χ3n) is 4.72. The second-order valence-corrected chi connectivity index (χ2v) is 6.95. The van der Waals surface area contributed by atoms with Gasteiger partial charge in [-0.15, -0.1) is 0 Å². The minimum absolute atomic E-state index is 0.155. The molecule has 0 aliphatic carbocycles. The third kappa shape index (κ3) is 4.17. The van der Waals surface area contributed by atoms with Crippen molar-refractivity contribution < 1.29 is 4.79 Å². The van der Waals surface area contributed by atoms with Crippen molar-refractivity contribution in [1.29, 1.82) is 0 Å². The Morgan fingerprint density at radius 2 is 1.63 bits per heavy atom. The molecule has 0 atom stereocenters. The first-order valence-electron chi connectivity index (χ1n) is 9.56. The predicted octanol–water partition coefficient (Wildman–Crippen LogP) is 3.52. The number of hydrogen-bond acceptors (Lipinski definition) is 4. The minimum Gasteiger partial charge on any atom is -0.267 e. The average Bonchev–Trinajstić information content (AvgIpc) is 2.78. The van der Waals surface area contributed by atoms with E-state index in [0.29, 0.717) is 10.8 Å². The number of amides is 1. The van der Waals surface area contributed by atoms with E-state index in [1.165, 1.54) is 4.68 Å². The van der Waals surface area contributed by atoms with Crippen LogP contribution in [0, 0.1) is 6.92 Å². The number of rotatable bonds is 5. The van der Waals surface area contributed by atoms with Gasteiger partial charge in [0.15, 0.2) is 5.69 Å². The number of carbonyl (C=O) groups excluding carboxylic acids is 1. The zero-order valence-electron chi connectivity index (χ0n) is 16.4. The van der Waals surface area contributed by atoms with Gasteiger partial charge in [0.05, 0.1) is 18.1 Å². The Morgan fingerprint density at radius 3 is 2.37 bits per heavy atom. The largest absolute Gasteiger partial charge is 0.292 e. The van der Waals surface area contributed by atoms with Crippen LogP contribution in [0.4, 0.5) is 0 Å². The molecule has 30 heavy (non-hydrogen) atoms. The van der Waals surface area contributed by atoms with Crippen molar-refractivity contribution in [3.8, 4) is 0 Å². The van der Waals surface area contributed by atoms with Gasteiger partial charge in [-0.1, -0.05) is 78.4 Å². The second-order valence-electron chi connectivity index (χ2n) is 6.95. The molecule has 0 unspecified atom stereocenters. The number of nitrogens with zero attached hydrogens (tertiary/aromatic N) is 3. The zero-order valence-corrected chi connectivity index (χ0v) is 16.4. The summed E-state index contributed by atoms with van der Waals surface area (Å²) in [6.45, 7) is 2.28. The van der Waals surface area contributed by atoms with E-state index < -0.39 is 5.91 Å². The van der Waals surface area contributed by atoms with Gasteiger partial charge in [0.25, 0.3) is 11.5 Å². The highest BCUT2D eigenvalue weighted by atomic mass is 16.2. The molecule has 0 spiro atoms. The van der Waals surface area contributed by atoms with Gasteiger partial charge in [-0.2, -0.15) is 10.2 Å². The lowest BCUT2D eigenvalue weighted by Gasteiger charge is -2.10. The Balaban J connectivity index is 1.66. The zero-order chi connectivity index (χ0) is 20.9. The van der Waals surface area contributed by atoms with Gasteiger partial charge >= 0.3 is 0 Å². The van der Waals surface area contributed by atoms with E-state index in [9.17, 15) is 9.59 Å². The number of benzene rings is 3. The Bertz CT molecular complexity index is 1280. The SMILES string of the molecule is Cc1ccc(/C=N\NC(=O)c2nn(Cc3ccccc3)c(=O)c3ccccc23)cc1. The molecule has 0 radical (unpaired) electrons. The molecule has 4 aromatic rings. The van der Waals surface area contributed by atoms with Gasteiger partial charge in [0.2, 0.25) is 0 Å². The molecule has 1 amide bonds. The Hall–Kier alpha value is -4.06. The molecule has 0 saturated carbocycles. The predicted molar refractivity (Wildman–Crippen MR) is 118 cm³/mol. The molecule has 1 heterocycles. The van der Waals surface area contributed by atoms with Crippen molar-refractivity contribution in [3.63, 3.8) is 0 Å². The van der Waals surface area contributed by atoms with Crippen molar-refractivity contribution in [2.45, 2.75) is 13.5 Å². The van der Waals surface area contributed by atoms with Gasteiger partial charge in [0, 0.05) is 5.39 Å². The number of aromatic nitrogens is 2. The van der Waals surface area contributed by atoms with Crippen molar-refractivity contribution in [3.05, 3.63) is 112 Å². The van der Waals surface area contributed by atoms with Crippen molar-refractivity contribution in [2.24, 2.45) is 5.10 Å². The molecule has 0 bridgehead atoms. The van der Waals surface area contributed by atoms with Gasteiger partial charge in [-0.3, -0.25) is 9.59 Å². The van der Waals surface area contributed by atoms with E-state index in [2.05, 4.69) is 15.6 Å². The lowest BCUT2D eigenvalue weighted by molar-refractivity contribution is 0.0949. The lowest BCUT2D eigenvalue weighted by Crippen LogP contribution is -2.29. The van der Waals surface area contributed by atoms with E-state index in [0.717, 1.165) is 16.7 Å². The molecule has 0 aliphatic heterocycles. The highest BCUT2D eigenvalue weighted by Gasteiger charge is 2.16. The van der Waals surface area contributed by atoms with Crippen LogP contribution in [-0.2, 0) is 6.54 Å². The molecular weight excluding hydrogens is 376 g/mol. The quantitative estimate of drug-likeness (QED) is 0.414. The molecule has 148 valence electrons. The maximum atomic E-state index is 12.9. The summed E-state index contributed by atoms with van der Waals surface area (Å²) in [6, 6.07) is 24.3. The highest BCUT2D eigenvalue weighted by Crippen LogP contribution is 2.14. The number of hydrogen-bond donors (Lipinski definition) is 1. The molecule has 4 rings (SSSR count). The minimum atomic E-state index is -0.476. The molecule has 3 aromatic carbocycles. The van der Waals surface area contributed by atoms with Crippen LogP contribution in [0.2, 0.25) is 0 Å². The summed E-state index contributed by atoms with van der Waals surface area (Å²) in [5.74, 6) is -0.476. The number of hydrazone groups is 1. The Kier molecular flexibility index (Phi) is 5.48. The summed E-state index contributed by atoms with van der Waals surface area (Å²) in [5, 5.41) is 9.33. The van der Waals surface area contributed by atoms with Crippen molar-refractivity contribution in [1.82, 2.24) is 15.2 Å². The monoisotopic (exact) mass is 396 g/mol. The molecule has 0 saturated heterocycles. The highest BCUT2D eigenvalue weighted by molar-refractivity contribution is 6.04. The molecular formula is C24H20N4O2. The van der Waals surface area contributed by atoms with Gasteiger partial charge < -0.3 is 0 Å². The maximum absolute atomic E-state index is 12.9. The van der Waals surface area contributed by atoms with Crippen LogP contribution in [0.5, 0.6) is 0 Å². The molecule has 1 N–H and O–H groups in total. The van der Waals surface area contributed by atoms with Crippen LogP contribution in [0.25, 0.3) is 10.8 Å². The summed E-state index contributed by atoms with van der Waals surface area (Å²) in [4.78, 5) is 25.7. The van der Waals surface area contributed by atoms with Crippen LogP contribution in [0.1, 0.15) is 27.2 Å². The second kappa shape index (κ2) is 8.53. The van der Waals surface area contributed by atoms with Crippen molar-refractivity contribution >= 4 is 22.9 Å². The molecule has 0 fully saturated rings. The number of fused-ring (bicyclic) bond motifs is 1. The fourth-order valence-electron chi connectivity index (χ4n) is 3.14. The van der Waals surface area contributed by atoms with Crippen LogP contribution >= 0.6 is 0 Å². The van der Waals surface area contributed by atoms with Gasteiger partial charge in [-0.05, 0) is 24.1 Å². The Labute approximate surface area is 173 Å². The molecule has 6 nitrogen and oxygen atoms in total. The fourth-order valence-corrected chi connectivity index (χ4v) is 3.14. The summed E-state index contributed by atoms with van der Waals surface area (Å²) in [5.41, 5.74) is 5.37. The standard InChI is InChI=1S/C24H20N4O2/c1-17-11-13-18(14-12-17)15-25-26-23(29)22-20-9-5-6-10-21(20)24(30)28(27-22)16-19-7-3-2-4-8-19/h2-15H,16H2,1H3,(H,26,29)/b25-15-. The van der Waals surface area contributed by atoms with Gasteiger partial charge in [-0.25, -0.2) is 10.1 Å². The smallest absolute Gasteiger partial charge is 0.267 e. The van der Waals surface area contributed by atoms with Crippen LogP contribution in [-0.4, -0.2) is 21.9 Å². The normalized spacial score (nSPS) is 11.1.